The fourth-order valence-corrected chi connectivity index (χ4v) is 5.28. The van der Waals surface area contributed by atoms with Crippen molar-refractivity contribution in [2.24, 2.45) is 0 Å². The molecule has 0 amide bonds. The Morgan fingerprint density at radius 1 is 0.903 bits per heavy atom. The second kappa shape index (κ2) is 11.1. The minimum atomic E-state index is -0.118. The van der Waals surface area contributed by atoms with Crippen molar-refractivity contribution in [3.63, 3.8) is 0 Å². The molecule has 0 radical (unpaired) electrons. The lowest BCUT2D eigenvalue weighted by molar-refractivity contribution is 0.0294. The van der Waals surface area contributed by atoms with Crippen LogP contribution in [0.25, 0.3) is 0 Å². The number of anilines is 1. The molecule has 5 heteroatoms. The Bertz CT molecular complexity index is 794. The van der Waals surface area contributed by atoms with E-state index in [4.69, 9.17) is 0 Å². The van der Waals surface area contributed by atoms with Gasteiger partial charge in [-0.3, -0.25) is 9.80 Å². The van der Waals surface area contributed by atoms with E-state index in [0.29, 0.717) is 12.1 Å². The van der Waals surface area contributed by atoms with Crippen LogP contribution >= 0.6 is 0 Å². The Balaban J connectivity index is 1.27. The van der Waals surface area contributed by atoms with Crippen molar-refractivity contribution >= 4 is 5.69 Å². The Morgan fingerprint density at radius 2 is 1.65 bits per heavy atom. The molecule has 0 spiro atoms. The summed E-state index contributed by atoms with van der Waals surface area (Å²) in [6, 6.07) is 18.8. The number of hydrogen-bond acceptors (Lipinski definition) is 4. The zero-order valence-electron chi connectivity index (χ0n) is 18.5. The van der Waals surface area contributed by atoms with Crippen LogP contribution < -0.4 is 4.90 Å². The number of para-hydroxylation sites is 1. The van der Waals surface area contributed by atoms with Crippen molar-refractivity contribution in [2.75, 3.05) is 50.8 Å². The molecule has 31 heavy (non-hydrogen) atoms. The summed E-state index contributed by atoms with van der Waals surface area (Å²) in [5.41, 5.74) is 2.14. The second-order valence-electron chi connectivity index (χ2n) is 8.96. The van der Waals surface area contributed by atoms with Crippen molar-refractivity contribution < 1.29 is 9.50 Å². The highest BCUT2D eigenvalue weighted by Gasteiger charge is 2.32. The first-order valence-electron chi connectivity index (χ1n) is 11.9. The molecule has 0 bridgehead atoms. The van der Waals surface area contributed by atoms with E-state index in [1.54, 1.807) is 12.1 Å². The molecule has 2 saturated heterocycles. The minimum Gasteiger partial charge on any atom is -0.396 e. The molecule has 0 unspecified atom stereocenters. The summed E-state index contributed by atoms with van der Waals surface area (Å²) in [6.07, 6.45) is 5.27. The van der Waals surface area contributed by atoms with Crippen LogP contribution in [0.4, 0.5) is 10.1 Å². The quantitative estimate of drug-likeness (QED) is 0.697. The lowest BCUT2D eigenvalue weighted by Crippen LogP contribution is -2.57. The highest BCUT2D eigenvalue weighted by atomic mass is 19.1. The molecule has 4 nitrogen and oxygen atoms in total. The van der Waals surface area contributed by atoms with Crippen molar-refractivity contribution in [2.45, 2.75) is 44.2 Å². The lowest BCUT2D eigenvalue weighted by Gasteiger charge is -2.47. The average Bonchev–Trinajstić information content (AvgIpc) is 2.81. The van der Waals surface area contributed by atoms with Gasteiger partial charge in [0.1, 0.15) is 5.82 Å². The van der Waals surface area contributed by atoms with Gasteiger partial charge >= 0.3 is 0 Å². The Kier molecular flexibility index (Phi) is 7.95. The third-order valence-corrected chi connectivity index (χ3v) is 7.03. The minimum absolute atomic E-state index is 0.118. The summed E-state index contributed by atoms with van der Waals surface area (Å²) in [5.74, 6) is -0.118. The summed E-state index contributed by atoms with van der Waals surface area (Å²) in [4.78, 5) is 7.41. The first kappa shape index (κ1) is 22.3. The van der Waals surface area contributed by atoms with Gasteiger partial charge in [0.15, 0.2) is 0 Å². The van der Waals surface area contributed by atoms with E-state index in [0.717, 1.165) is 77.1 Å². The SMILES string of the molecule is OCC[C@H]1CN(C2CCN(c3ccccc3F)CC2)CCN1CCCc1ccccc1. The third kappa shape index (κ3) is 5.85. The molecular formula is C26H36FN3O. The van der Waals surface area contributed by atoms with E-state index >= 15 is 0 Å². The zero-order chi connectivity index (χ0) is 21.5. The molecule has 1 N–H and O–H groups in total. The van der Waals surface area contributed by atoms with Crippen LogP contribution in [0.2, 0.25) is 0 Å². The van der Waals surface area contributed by atoms with Crippen molar-refractivity contribution in [1.29, 1.82) is 0 Å². The molecule has 0 aromatic heterocycles. The van der Waals surface area contributed by atoms with E-state index in [9.17, 15) is 9.50 Å². The molecule has 4 rings (SSSR count). The zero-order valence-corrected chi connectivity index (χ0v) is 18.5. The van der Waals surface area contributed by atoms with Gasteiger partial charge in [0.05, 0.1) is 5.69 Å². The fraction of sp³-hybridized carbons (Fsp3) is 0.538. The number of hydrogen-bond donors (Lipinski definition) is 1. The highest BCUT2D eigenvalue weighted by molar-refractivity contribution is 5.47. The Labute approximate surface area is 186 Å². The van der Waals surface area contributed by atoms with Crippen molar-refractivity contribution in [3.8, 4) is 0 Å². The van der Waals surface area contributed by atoms with Gasteiger partial charge in [-0.2, -0.15) is 0 Å². The monoisotopic (exact) mass is 425 g/mol. The molecule has 2 aliphatic heterocycles. The number of benzene rings is 2. The van der Waals surface area contributed by atoms with Gasteiger partial charge in [0, 0.05) is 51.4 Å². The van der Waals surface area contributed by atoms with E-state index in [2.05, 4.69) is 45.0 Å². The van der Waals surface area contributed by atoms with E-state index < -0.39 is 0 Å². The smallest absolute Gasteiger partial charge is 0.146 e. The van der Waals surface area contributed by atoms with Crippen molar-refractivity contribution in [3.05, 3.63) is 66.0 Å². The maximum absolute atomic E-state index is 14.1. The number of nitrogens with zero attached hydrogens (tertiary/aromatic N) is 3. The maximum Gasteiger partial charge on any atom is 0.146 e. The third-order valence-electron chi connectivity index (χ3n) is 7.03. The number of piperazine rings is 1. The van der Waals surface area contributed by atoms with Crippen LogP contribution in [-0.2, 0) is 6.42 Å². The van der Waals surface area contributed by atoms with Crippen LogP contribution in [-0.4, -0.2) is 72.9 Å². The normalized spacial score (nSPS) is 21.5. The van der Waals surface area contributed by atoms with E-state index in [-0.39, 0.29) is 12.4 Å². The van der Waals surface area contributed by atoms with Crippen LogP contribution in [0.1, 0.15) is 31.2 Å². The standard InChI is InChI=1S/C26H36FN3O/c27-25-10-4-5-11-26(25)29-16-12-23(13-17-29)30-19-18-28(24(21-30)14-20-31)15-6-9-22-7-2-1-3-8-22/h1-5,7-8,10-11,23-24,31H,6,9,12-21H2/t24-/m0/s1. The predicted molar refractivity (Wildman–Crippen MR) is 125 cm³/mol. The molecule has 0 aliphatic carbocycles. The van der Waals surface area contributed by atoms with E-state index in [1.165, 1.54) is 5.56 Å². The van der Waals surface area contributed by atoms with E-state index in [1.807, 2.05) is 12.1 Å². The summed E-state index contributed by atoms with van der Waals surface area (Å²) >= 11 is 0. The number of aryl methyl sites for hydroxylation is 1. The van der Waals surface area contributed by atoms with Gasteiger partial charge in [-0.25, -0.2) is 4.39 Å². The Morgan fingerprint density at radius 3 is 2.39 bits per heavy atom. The van der Waals surface area contributed by atoms with Gasteiger partial charge in [-0.05, 0) is 56.3 Å². The van der Waals surface area contributed by atoms with Crippen molar-refractivity contribution in [1.82, 2.24) is 9.80 Å². The van der Waals surface area contributed by atoms with Gasteiger partial charge < -0.3 is 10.0 Å². The molecule has 2 aliphatic rings. The molecule has 1 atom stereocenters. The predicted octanol–water partition coefficient (Wildman–Crippen LogP) is 3.80. The number of aliphatic hydroxyl groups is 1. The molecular weight excluding hydrogens is 389 g/mol. The van der Waals surface area contributed by atoms with Crippen LogP contribution in [0.5, 0.6) is 0 Å². The number of aliphatic hydroxyl groups excluding tert-OH is 1. The molecule has 2 fully saturated rings. The van der Waals surface area contributed by atoms with Gasteiger partial charge in [0.25, 0.3) is 0 Å². The van der Waals surface area contributed by atoms with Gasteiger partial charge in [-0.15, -0.1) is 0 Å². The number of rotatable bonds is 8. The fourth-order valence-electron chi connectivity index (χ4n) is 5.28. The van der Waals surface area contributed by atoms with Gasteiger partial charge in [0.2, 0.25) is 0 Å². The molecule has 2 aromatic rings. The average molecular weight is 426 g/mol. The molecule has 0 saturated carbocycles. The topological polar surface area (TPSA) is 30.0 Å². The van der Waals surface area contributed by atoms with Crippen LogP contribution in [0.15, 0.2) is 54.6 Å². The summed E-state index contributed by atoms with van der Waals surface area (Å²) in [6.45, 7) is 6.38. The van der Waals surface area contributed by atoms with Crippen LogP contribution in [0, 0.1) is 5.82 Å². The summed E-state index contributed by atoms with van der Waals surface area (Å²) in [5, 5.41) is 9.64. The summed E-state index contributed by atoms with van der Waals surface area (Å²) in [7, 11) is 0. The maximum atomic E-state index is 14.1. The summed E-state index contributed by atoms with van der Waals surface area (Å²) < 4.78 is 14.1. The lowest BCUT2D eigenvalue weighted by atomic mass is 9.99. The number of piperidine rings is 1. The second-order valence-corrected chi connectivity index (χ2v) is 8.96. The largest absolute Gasteiger partial charge is 0.396 e. The first-order chi connectivity index (χ1) is 15.2. The Hall–Kier alpha value is -1.95. The number of halogens is 1. The van der Waals surface area contributed by atoms with Crippen LogP contribution in [0.3, 0.4) is 0 Å². The molecule has 168 valence electrons. The molecule has 2 heterocycles. The van der Waals surface area contributed by atoms with Gasteiger partial charge in [-0.1, -0.05) is 42.5 Å². The first-order valence-corrected chi connectivity index (χ1v) is 11.9. The molecule has 2 aromatic carbocycles. The highest BCUT2D eigenvalue weighted by Crippen LogP contribution is 2.26.